The Morgan fingerprint density at radius 1 is 1.22 bits per heavy atom. The Hall–Kier alpha value is -2.01. The first-order valence-electron chi connectivity index (χ1n) is 5.35. The minimum atomic E-state index is -0.417. The highest BCUT2D eigenvalue weighted by Crippen LogP contribution is 2.34. The summed E-state index contributed by atoms with van der Waals surface area (Å²) in [4.78, 5) is 12.0. The van der Waals surface area contributed by atoms with E-state index in [9.17, 15) is 10.1 Å². The lowest BCUT2D eigenvalue weighted by Crippen LogP contribution is -1.92. The van der Waals surface area contributed by atoms with Crippen molar-refractivity contribution in [1.82, 2.24) is 0 Å². The van der Waals surface area contributed by atoms with E-state index in [1.165, 1.54) is 23.9 Å². The summed E-state index contributed by atoms with van der Waals surface area (Å²) in [5, 5.41) is 10.7. The minimum Gasteiger partial charge on any atom is -0.398 e. The van der Waals surface area contributed by atoms with E-state index in [4.69, 9.17) is 5.73 Å². The third kappa shape index (κ3) is 2.81. The zero-order valence-electron chi connectivity index (χ0n) is 9.79. The van der Waals surface area contributed by atoms with Gasteiger partial charge in [-0.05, 0) is 25.1 Å². The normalized spacial score (nSPS) is 10.3. The van der Waals surface area contributed by atoms with Crippen LogP contribution in [-0.4, -0.2) is 4.92 Å². The second-order valence-corrected chi connectivity index (χ2v) is 5.01. The quantitative estimate of drug-likeness (QED) is 0.519. The molecule has 0 spiro atoms. The van der Waals surface area contributed by atoms with Crippen molar-refractivity contribution in [2.45, 2.75) is 16.7 Å². The van der Waals surface area contributed by atoms with Gasteiger partial charge in [-0.2, -0.15) is 0 Å². The molecule has 2 N–H and O–H groups in total. The van der Waals surface area contributed by atoms with Gasteiger partial charge in [0, 0.05) is 27.6 Å². The van der Waals surface area contributed by atoms with Gasteiger partial charge in [0.05, 0.1) is 4.92 Å². The molecule has 0 atom stereocenters. The van der Waals surface area contributed by atoms with Gasteiger partial charge in [-0.15, -0.1) is 0 Å². The van der Waals surface area contributed by atoms with Crippen LogP contribution in [0.3, 0.4) is 0 Å². The summed E-state index contributed by atoms with van der Waals surface area (Å²) in [6.45, 7) is 2.00. The zero-order valence-corrected chi connectivity index (χ0v) is 10.6. The Bertz CT molecular complexity index is 599. The molecule has 0 fully saturated rings. The fraction of sp³-hybridized carbons (Fsp3) is 0.0769. The van der Waals surface area contributed by atoms with Gasteiger partial charge < -0.3 is 5.73 Å². The predicted octanol–water partition coefficient (Wildman–Crippen LogP) is 3.64. The number of aryl methyl sites for hydroxylation is 1. The molecule has 4 nitrogen and oxygen atoms in total. The van der Waals surface area contributed by atoms with Gasteiger partial charge in [0.2, 0.25) is 0 Å². The number of nitrogen functional groups attached to an aromatic ring is 1. The van der Waals surface area contributed by atoms with Gasteiger partial charge in [-0.1, -0.05) is 29.5 Å². The Labute approximate surface area is 109 Å². The molecule has 0 bridgehead atoms. The smallest absolute Gasteiger partial charge is 0.270 e. The Morgan fingerprint density at radius 2 is 2.00 bits per heavy atom. The molecule has 0 unspecified atom stereocenters. The second kappa shape index (κ2) is 5.10. The number of rotatable bonds is 3. The average molecular weight is 260 g/mol. The fourth-order valence-electron chi connectivity index (χ4n) is 1.53. The number of hydrogen-bond acceptors (Lipinski definition) is 4. The molecule has 5 heteroatoms. The molecule has 0 aliphatic heterocycles. The second-order valence-electron chi connectivity index (χ2n) is 3.90. The molecule has 18 heavy (non-hydrogen) atoms. The number of hydrogen-bond donors (Lipinski definition) is 1. The topological polar surface area (TPSA) is 69.2 Å². The summed E-state index contributed by atoms with van der Waals surface area (Å²) in [7, 11) is 0. The molecule has 92 valence electrons. The maximum absolute atomic E-state index is 10.7. The lowest BCUT2D eigenvalue weighted by Gasteiger charge is -2.05. The van der Waals surface area contributed by atoms with Crippen LogP contribution in [0.5, 0.6) is 0 Å². The molecule has 0 aliphatic carbocycles. The Balaban J connectivity index is 2.33. The van der Waals surface area contributed by atoms with Crippen LogP contribution in [0.4, 0.5) is 11.4 Å². The largest absolute Gasteiger partial charge is 0.398 e. The molecule has 0 saturated heterocycles. The van der Waals surface area contributed by atoms with Gasteiger partial charge in [-0.25, -0.2) is 0 Å². The van der Waals surface area contributed by atoms with E-state index in [1.54, 1.807) is 6.07 Å². The number of non-ortho nitro benzene ring substituents is 1. The summed E-state index contributed by atoms with van der Waals surface area (Å²) >= 11 is 1.43. The lowest BCUT2D eigenvalue weighted by molar-refractivity contribution is -0.385. The molecule has 0 heterocycles. The van der Waals surface area contributed by atoms with Crippen LogP contribution < -0.4 is 5.73 Å². The molecule has 0 radical (unpaired) electrons. The summed E-state index contributed by atoms with van der Waals surface area (Å²) in [5.74, 6) is 0. The van der Waals surface area contributed by atoms with Crippen LogP contribution in [-0.2, 0) is 0 Å². The molecular weight excluding hydrogens is 248 g/mol. The third-order valence-corrected chi connectivity index (χ3v) is 3.49. The van der Waals surface area contributed by atoms with Crippen LogP contribution in [0, 0.1) is 17.0 Å². The van der Waals surface area contributed by atoms with Crippen molar-refractivity contribution in [1.29, 1.82) is 0 Å². The van der Waals surface area contributed by atoms with Crippen molar-refractivity contribution < 1.29 is 4.92 Å². The van der Waals surface area contributed by atoms with Crippen LogP contribution in [0.25, 0.3) is 0 Å². The predicted molar refractivity (Wildman–Crippen MR) is 72.8 cm³/mol. The Morgan fingerprint density at radius 3 is 2.67 bits per heavy atom. The average Bonchev–Trinajstić information content (AvgIpc) is 2.31. The van der Waals surface area contributed by atoms with Crippen molar-refractivity contribution in [3.05, 3.63) is 58.1 Å². The van der Waals surface area contributed by atoms with Gasteiger partial charge in [0.25, 0.3) is 5.69 Å². The molecule has 0 aliphatic rings. The van der Waals surface area contributed by atoms with E-state index >= 15 is 0 Å². The SMILES string of the molecule is Cc1cccc(Sc2cc([N+](=O)[O-])ccc2N)c1. The molecule has 2 rings (SSSR count). The molecule has 2 aromatic rings. The Kier molecular flexibility index (Phi) is 3.53. The van der Waals surface area contributed by atoms with Crippen LogP contribution >= 0.6 is 11.8 Å². The number of nitrogens with zero attached hydrogens (tertiary/aromatic N) is 1. The van der Waals surface area contributed by atoms with E-state index in [2.05, 4.69) is 0 Å². The summed E-state index contributed by atoms with van der Waals surface area (Å²) in [5.41, 5.74) is 7.58. The van der Waals surface area contributed by atoms with Crippen LogP contribution in [0.2, 0.25) is 0 Å². The van der Waals surface area contributed by atoms with E-state index < -0.39 is 4.92 Å². The first-order chi connectivity index (χ1) is 8.56. The van der Waals surface area contributed by atoms with E-state index in [1.807, 2.05) is 31.2 Å². The van der Waals surface area contributed by atoms with Crippen molar-refractivity contribution in [2.24, 2.45) is 0 Å². The van der Waals surface area contributed by atoms with Gasteiger partial charge in [0.1, 0.15) is 0 Å². The lowest BCUT2D eigenvalue weighted by atomic mass is 10.2. The summed E-state index contributed by atoms with van der Waals surface area (Å²) < 4.78 is 0. The first-order valence-corrected chi connectivity index (χ1v) is 6.16. The highest BCUT2D eigenvalue weighted by molar-refractivity contribution is 7.99. The molecule has 2 aromatic carbocycles. The van der Waals surface area contributed by atoms with E-state index in [0.29, 0.717) is 10.6 Å². The molecule has 0 amide bonds. The maximum Gasteiger partial charge on any atom is 0.270 e. The number of anilines is 1. The third-order valence-electron chi connectivity index (χ3n) is 2.43. The van der Waals surface area contributed by atoms with Crippen molar-refractivity contribution in [2.75, 3.05) is 5.73 Å². The van der Waals surface area contributed by atoms with Crippen molar-refractivity contribution in [3.8, 4) is 0 Å². The summed E-state index contributed by atoms with van der Waals surface area (Å²) in [6, 6.07) is 12.4. The fourth-order valence-corrected chi connectivity index (χ4v) is 2.54. The van der Waals surface area contributed by atoms with Crippen molar-refractivity contribution in [3.63, 3.8) is 0 Å². The maximum atomic E-state index is 10.7. The zero-order chi connectivity index (χ0) is 13.1. The van der Waals surface area contributed by atoms with Crippen molar-refractivity contribution >= 4 is 23.1 Å². The van der Waals surface area contributed by atoms with Gasteiger partial charge in [-0.3, -0.25) is 10.1 Å². The van der Waals surface area contributed by atoms with Crippen LogP contribution in [0.1, 0.15) is 5.56 Å². The van der Waals surface area contributed by atoms with E-state index in [0.717, 1.165) is 10.5 Å². The highest BCUT2D eigenvalue weighted by Gasteiger charge is 2.10. The standard InChI is InChI=1S/C13H12N2O2S/c1-9-3-2-4-11(7-9)18-13-8-10(15(16)17)5-6-12(13)14/h2-8H,14H2,1H3. The monoisotopic (exact) mass is 260 g/mol. The molecular formula is C13H12N2O2S. The van der Waals surface area contributed by atoms with Crippen LogP contribution in [0.15, 0.2) is 52.3 Å². The minimum absolute atomic E-state index is 0.0550. The summed E-state index contributed by atoms with van der Waals surface area (Å²) in [6.07, 6.45) is 0. The number of nitro groups is 1. The van der Waals surface area contributed by atoms with E-state index in [-0.39, 0.29) is 5.69 Å². The first kappa shape index (κ1) is 12.4. The molecule has 0 saturated carbocycles. The number of benzene rings is 2. The number of nitrogens with two attached hydrogens (primary N) is 1. The van der Waals surface area contributed by atoms with Gasteiger partial charge >= 0.3 is 0 Å². The van der Waals surface area contributed by atoms with Gasteiger partial charge in [0.15, 0.2) is 0 Å². The number of nitro benzene ring substituents is 1. The molecule has 0 aromatic heterocycles. The highest BCUT2D eigenvalue weighted by atomic mass is 32.2.